The molecule has 1 aliphatic carbocycles. The van der Waals surface area contributed by atoms with E-state index in [0.29, 0.717) is 28.6 Å². The molecular formula is C12H12Cl2O2. The molecule has 0 aromatic heterocycles. The van der Waals surface area contributed by atoms with Gasteiger partial charge in [-0.25, -0.2) is 0 Å². The van der Waals surface area contributed by atoms with E-state index in [1.54, 1.807) is 18.2 Å². The Kier molecular flexibility index (Phi) is 3.72. The SMILES string of the molecule is O=C1CCCC(Oc2cccc(Cl)c2Cl)C1. The Morgan fingerprint density at radius 2 is 2.12 bits per heavy atom. The predicted octanol–water partition coefficient (Wildman–Crippen LogP) is 3.88. The molecule has 4 heteroatoms. The van der Waals surface area contributed by atoms with Gasteiger partial charge in [0.1, 0.15) is 22.7 Å². The summed E-state index contributed by atoms with van der Waals surface area (Å²) in [7, 11) is 0. The van der Waals surface area contributed by atoms with E-state index < -0.39 is 0 Å². The van der Waals surface area contributed by atoms with Crippen LogP contribution < -0.4 is 4.74 Å². The Balaban J connectivity index is 2.08. The van der Waals surface area contributed by atoms with Gasteiger partial charge in [-0.3, -0.25) is 4.79 Å². The van der Waals surface area contributed by atoms with E-state index in [1.807, 2.05) is 0 Å². The molecule has 0 spiro atoms. The van der Waals surface area contributed by atoms with Gasteiger partial charge in [-0.1, -0.05) is 29.3 Å². The van der Waals surface area contributed by atoms with Gasteiger partial charge in [-0.2, -0.15) is 0 Å². The molecule has 0 heterocycles. The molecule has 1 saturated carbocycles. The van der Waals surface area contributed by atoms with Crippen LogP contribution in [0.2, 0.25) is 10.0 Å². The Labute approximate surface area is 104 Å². The first-order valence-electron chi connectivity index (χ1n) is 5.29. The lowest BCUT2D eigenvalue weighted by atomic mass is 9.96. The van der Waals surface area contributed by atoms with E-state index in [0.717, 1.165) is 12.8 Å². The van der Waals surface area contributed by atoms with Crippen molar-refractivity contribution in [2.24, 2.45) is 0 Å². The fourth-order valence-electron chi connectivity index (χ4n) is 1.84. The normalized spacial score (nSPS) is 20.9. The third-order valence-corrected chi connectivity index (χ3v) is 3.45. The molecular weight excluding hydrogens is 247 g/mol. The van der Waals surface area contributed by atoms with Gasteiger partial charge in [0.2, 0.25) is 0 Å². The molecule has 1 fully saturated rings. The molecule has 2 nitrogen and oxygen atoms in total. The van der Waals surface area contributed by atoms with Crippen molar-refractivity contribution in [1.29, 1.82) is 0 Å². The third kappa shape index (κ3) is 2.69. The molecule has 0 N–H and O–H groups in total. The summed E-state index contributed by atoms with van der Waals surface area (Å²) in [4.78, 5) is 11.3. The minimum atomic E-state index is -0.0581. The van der Waals surface area contributed by atoms with E-state index >= 15 is 0 Å². The van der Waals surface area contributed by atoms with Crippen molar-refractivity contribution in [1.82, 2.24) is 0 Å². The number of hydrogen-bond donors (Lipinski definition) is 0. The summed E-state index contributed by atoms with van der Waals surface area (Å²) in [6.07, 6.45) is 2.87. The van der Waals surface area contributed by atoms with E-state index in [2.05, 4.69) is 0 Å². The maximum absolute atomic E-state index is 11.3. The lowest BCUT2D eigenvalue weighted by Gasteiger charge is -2.22. The number of hydrogen-bond acceptors (Lipinski definition) is 2. The van der Waals surface area contributed by atoms with Crippen LogP contribution in [0.3, 0.4) is 0 Å². The number of carbonyl (C=O) groups excluding carboxylic acids is 1. The fraction of sp³-hybridized carbons (Fsp3) is 0.417. The average molecular weight is 259 g/mol. The van der Waals surface area contributed by atoms with Crippen molar-refractivity contribution >= 4 is 29.0 Å². The standard InChI is InChI=1S/C12H12Cl2O2/c13-10-5-2-6-11(12(10)14)16-9-4-1-3-8(15)7-9/h2,5-6,9H,1,3-4,7H2. The average Bonchev–Trinajstić information content (AvgIpc) is 2.25. The van der Waals surface area contributed by atoms with Crippen molar-refractivity contribution in [2.75, 3.05) is 0 Å². The zero-order valence-corrected chi connectivity index (χ0v) is 10.2. The zero-order chi connectivity index (χ0) is 11.5. The van der Waals surface area contributed by atoms with E-state index in [4.69, 9.17) is 27.9 Å². The van der Waals surface area contributed by atoms with Crippen LogP contribution in [0.5, 0.6) is 5.75 Å². The minimum Gasteiger partial charge on any atom is -0.488 e. The van der Waals surface area contributed by atoms with Gasteiger partial charge in [-0.05, 0) is 25.0 Å². The highest BCUT2D eigenvalue weighted by molar-refractivity contribution is 6.42. The molecule has 2 rings (SSSR count). The van der Waals surface area contributed by atoms with Gasteiger partial charge in [0.15, 0.2) is 0 Å². The van der Waals surface area contributed by atoms with Crippen molar-refractivity contribution in [3.8, 4) is 5.75 Å². The number of rotatable bonds is 2. The lowest BCUT2D eigenvalue weighted by Crippen LogP contribution is -2.25. The molecule has 86 valence electrons. The molecule has 0 bridgehead atoms. The van der Waals surface area contributed by atoms with E-state index in [-0.39, 0.29) is 11.9 Å². The quantitative estimate of drug-likeness (QED) is 0.805. The number of benzene rings is 1. The molecule has 0 aliphatic heterocycles. The van der Waals surface area contributed by atoms with Gasteiger partial charge in [0.25, 0.3) is 0 Å². The number of ketones is 1. The Hall–Kier alpha value is -0.730. The van der Waals surface area contributed by atoms with Crippen molar-refractivity contribution in [3.05, 3.63) is 28.2 Å². The van der Waals surface area contributed by atoms with Gasteiger partial charge in [0.05, 0.1) is 5.02 Å². The zero-order valence-electron chi connectivity index (χ0n) is 8.71. The highest BCUT2D eigenvalue weighted by atomic mass is 35.5. The Morgan fingerprint density at radius 3 is 2.88 bits per heavy atom. The summed E-state index contributed by atoms with van der Waals surface area (Å²) in [6.45, 7) is 0. The number of carbonyl (C=O) groups is 1. The van der Waals surface area contributed by atoms with Crippen LogP contribution in [-0.2, 0) is 4.79 Å². The summed E-state index contributed by atoms with van der Waals surface area (Å²) in [5.74, 6) is 0.822. The fourth-order valence-corrected chi connectivity index (χ4v) is 2.18. The first kappa shape index (κ1) is 11.7. The highest BCUT2D eigenvalue weighted by Crippen LogP contribution is 2.33. The Bertz CT molecular complexity index is 404. The molecule has 1 unspecified atom stereocenters. The van der Waals surface area contributed by atoms with Gasteiger partial charge in [0, 0.05) is 12.8 Å². The maximum atomic E-state index is 11.3. The van der Waals surface area contributed by atoms with Gasteiger partial charge < -0.3 is 4.74 Å². The second-order valence-corrected chi connectivity index (χ2v) is 4.71. The summed E-state index contributed by atoms with van der Waals surface area (Å²) >= 11 is 11.9. The summed E-state index contributed by atoms with van der Waals surface area (Å²) < 4.78 is 5.70. The van der Waals surface area contributed by atoms with Crippen molar-refractivity contribution in [2.45, 2.75) is 31.8 Å². The van der Waals surface area contributed by atoms with E-state index in [1.165, 1.54) is 0 Å². The first-order chi connectivity index (χ1) is 7.66. The molecule has 1 aliphatic rings. The van der Waals surface area contributed by atoms with Crippen molar-refractivity contribution < 1.29 is 9.53 Å². The molecule has 0 saturated heterocycles. The summed E-state index contributed by atoms with van der Waals surface area (Å²) in [5, 5.41) is 0.892. The van der Waals surface area contributed by atoms with Crippen LogP contribution in [0.15, 0.2) is 18.2 Å². The molecule has 0 amide bonds. The van der Waals surface area contributed by atoms with Crippen LogP contribution in [-0.4, -0.2) is 11.9 Å². The minimum absolute atomic E-state index is 0.0581. The van der Waals surface area contributed by atoms with Crippen LogP contribution in [0.25, 0.3) is 0 Å². The van der Waals surface area contributed by atoms with E-state index in [9.17, 15) is 4.79 Å². The summed E-state index contributed by atoms with van der Waals surface area (Å²) in [5.41, 5.74) is 0. The maximum Gasteiger partial charge on any atom is 0.139 e. The molecule has 16 heavy (non-hydrogen) atoms. The van der Waals surface area contributed by atoms with Gasteiger partial charge >= 0.3 is 0 Å². The predicted molar refractivity (Wildman–Crippen MR) is 64.4 cm³/mol. The number of ether oxygens (including phenoxy) is 1. The highest BCUT2D eigenvalue weighted by Gasteiger charge is 2.21. The number of halogens is 2. The molecule has 0 radical (unpaired) electrons. The van der Waals surface area contributed by atoms with Crippen molar-refractivity contribution in [3.63, 3.8) is 0 Å². The first-order valence-corrected chi connectivity index (χ1v) is 6.05. The second-order valence-electron chi connectivity index (χ2n) is 3.93. The third-order valence-electron chi connectivity index (χ3n) is 2.65. The molecule has 1 aromatic carbocycles. The molecule has 1 aromatic rings. The lowest BCUT2D eigenvalue weighted by molar-refractivity contribution is -0.122. The van der Waals surface area contributed by atoms with Gasteiger partial charge in [-0.15, -0.1) is 0 Å². The van der Waals surface area contributed by atoms with Crippen LogP contribution >= 0.6 is 23.2 Å². The monoisotopic (exact) mass is 258 g/mol. The largest absolute Gasteiger partial charge is 0.488 e. The smallest absolute Gasteiger partial charge is 0.139 e. The summed E-state index contributed by atoms with van der Waals surface area (Å²) in [6, 6.07) is 5.27. The number of Topliss-reactive ketones (excluding diaryl/α,β-unsaturated/α-hetero) is 1. The second kappa shape index (κ2) is 5.07. The van der Waals surface area contributed by atoms with Crippen LogP contribution in [0.4, 0.5) is 0 Å². The topological polar surface area (TPSA) is 26.3 Å². The molecule has 1 atom stereocenters. The van der Waals surface area contributed by atoms with Crippen LogP contribution in [0, 0.1) is 0 Å². The van der Waals surface area contributed by atoms with Crippen LogP contribution in [0.1, 0.15) is 25.7 Å². The Morgan fingerprint density at radius 1 is 1.31 bits per heavy atom.